The minimum atomic E-state index is -0.962. The van der Waals surface area contributed by atoms with Crippen LogP contribution in [0.4, 0.5) is 4.79 Å². The van der Waals surface area contributed by atoms with Crippen LogP contribution < -0.4 is 4.57 Å². The van der Waals surface area contributed by atoms with E-state index >= 15 is 0 Å². The summed E-state index contributed by atoms with van der Waals surface area (Å²) >= 11 is 0. The molecule has 1 rings (SSSR count). The van der Waals surface area contributed by atoms with Crippen LogP contribution in [0.25, 0.3) is 0 Å². The normalized spacial score (nSPS) is 9.50. The minimum Gasteiger partial charge on any atom is -0.446 e. The van der Waals surface area contributed by atoms with E-state index in [1.807, 2.05) is 0 Å². The van der Waals surface area contributed by atoms with Crippen molar-refractivity contribution in [1.82, 2.24) is 4.57 Å². The summed E-state index contributed by atoms with van der Waals surface area (Å²) in [5.41, 5.74) is 0. The Labute approximate surface area is 84.8 Å². The quantitative estimate of drug-likeness (QED) is 0.702. The molecule has 4 nitrogen and oxygen atoms in total. The summed E-state index contributed by atoms with van der Waals surface area (Å²) in [5.74, 6) is 0.884. The molecule has 1 aromatic rings. The summed E-state index contributed by atoms with van der Waals surface area (Å²) in [5, 5.41) is 8.35. The molecule has 0 aliphatic rings. The smallest absolute Gasteiger partial charge is 0.446 e. The predicted molar refractivity (Wildman–Crippen MR) is 54.2 cm³/mol. The molecule has 0 saturated heterocycles. The van der Waals surface area contributed by atoms with Gasteiger partial charge in [0, 0.05) is 0 Å². The molecule has 0 saturated carbocycles. The van der Waals surface area contributed by atoms with Crippen LogP contribution in [0.15, 0.2) is 18.7 Å². The van der Waals surface area contributed by atoms with Crippen LogP contribution in [0.5, 0.6) is 0 Å². The molecule has 1 heterocycles. The van der Waals surface area contributed by atoms with Gasteiger partial charge in [-0.3, -0.25) is 0 Å². The molecule has 0 fully saturated rings. The van der Waals surface area contributed by atoms with Crippen molar-refractivity contribution in [2.75, 3.05) is 0 Å². The number of carboxylic acid groups (broad SMARTS) is 1. The van der Waals surface area contributed by atoms with Gasteiger partial charge in [-0.05, 0) is 5.92 Å². The molecule has 0 aliphatic heterocycles. The molecule has 0 aliphatic carbocycles. The molecular weight excluding hydrogens is 180 g/mol. The third kappa shape index (κ3) is 5.35. The van der Waals surface area contributed by atoms with Gasteiger partial charge in [0.25, 0.3) is 6.33 Å². The minimum absolute atomic E-state index is 0.884. The number of aromatic nitrogens is 2. The summed E-state index contributed by atoms with van der Waals surface area (Å²) in [4.78, 5) is 10.2. The van der Waals surface area contributed by atoms with Crippen molar-refractivity contribution < 1.29 is 14.5 Å². The molecule has 1 aromatic heterocycles. The Kier molecular flexibility index (Phi) is 5.60. The Hall–Kier alpha value is -1.32. The Morgan fingerprint density at radius 1 is 1.57 bits per heavy atom. The maximum atomic E-state index is 10.2. The number of carbonyl (C=O) groups is 1. The summed E-state index contributed by atoms with van der Waals surface area (Å²) in [6.07, 6.45) is 4.95. The van der Waals surface area contributed by atoms with E-state index in [9.17, 15) is 4.79 Å². The Morgan fingerprint density at radius 3 is 2.21 bits per heavy atom. The van der Waals surface area contributed by atoms with Crippen LogP contribution in [0, 0.1) is 5.92 Å². The molecule has 0 aromatic carbocycles. The van der Waals surface area contributed by atoms with Gasteiger partial charge in [-0.2, -0.15) is 4.79 Å². The number of rotatable bonds is 1. The molecular formula is C10H19N2O2+. The van der Waals surface area contributed by atoms with E-state index in [0.717, 1.165) is 10.5 Å². The predicted octanol–water partition coefficient (Wildman–Crippen LogP) is 1.89. The van der Waals surface area contributed by atoms with E-state index in [4.69, 9.17) is 5.11 Å². The van der Waals surface area contributed by atoms with Crippen LogP contribution in [-0.4, -0.2) is 15.8 Å². The van der Waals surface area contributed by atoms with Crippen LogP contribution >= 0.6 is 0 Å². The lowest BCUT2D eigenvalue weighted by molar-refractivity contribution is -0.670. The van der Waals surface area contributed by atoms with Crippen molar-refractivity contribution in [1.29, 1.82) is 0 Å². The first-order chi connectivity index (χ1) is 6.47. The second-order valence-corrected chi connectivity index (χ2v) is 3.57. The first-order valence-electron chi connectivity index (χ1n) is 4.73. The van der Waals surface area contributed by atoms with Crippen LogP contribution in [0.3, 0.4) is 0 Å². The summed E-state index contributed by atoms with van der Waals surface area (Å²) < 4.78 is 2.74. The third-order valence-corrected chi connectivity index (χ3v) is 1.81. The molecule has 0 atom stereocenters. The van der Waals surface area contributed by atoms with E-state index in [-0.39, 0.29) is 0 Å². The average Bonchev–Trinajstić information content (AvgIpc) is 2.53. The highest BCUT2D eigenvalue weighted by Crippen LogP contribution is 1.93. The van der Waals surface area contributed by atoms with Crippen molar-refractivity contribution in [3.05, 3.63) is 18.7 Å². The van der Waals surface area contributed by atoms with Crippen LogP contribution in [-0.2, 0) is 7.05 Å². The van der Waals surface area contributed by atoms with Gasteiger partial charge in [0.15, 0.2) is 0 Å². The van der Waals surface area contributed by atoms with Gasteiger partial charge in [0.05, 0.1) is 7.05 Å². The second kappa shape index (κ2) is 6.18. The van der Waals surface area contributed by atoms with Crippen molar-refractivity contribution in [3.8, 4) is 0 Å². The zero-order chi connectivity index (χ0) is 11.1. The van der Waals surface area contributed by atoms with Crippen molar-refractivity contribution >= 4 is 6.09 Å². The van der Waals surface area contributed by atoms with Crippen molar-refractivity contribution in [3.63, 3.8) is 0 Å². The van der Waals surface area contributed by atoms with Gasteiger partial charge in [-0.1, -0.05) is 27.2 Å². The topological polar surface area (TPSA) is 46.1 Å². The highest BCUT2D eigenvalue weighted by atomic mass is 16.4. The first kappa shape index (κ1) is 12.7. The Bertz CT molecular complexity index is 279. The molecule has 0 unspecified atom stereocenters. The number of hydrogen-bond donors (Lipinski definition) is 1. The van der Waals surface area contributed by atoms with Gasteiger partial charge in [0.1, 0.15) is 12.4 Å². The number of imidazole rings is 1. The first-order valence-corrected chi connectivity index (χ1v) is 4.73. The van der Waals surface area contributed by atoms with Crippen molar-refractivity contribution in [2.24, 2.45) is 13.0 Å². The molecule has 14 heavy (non-hydrogen) atoms. The molecule has 80 valence electrons. The van der Waals surface area contributed by atoms with Gasteiger partial charge in [0.2, 0.25) is 0 Å². The highest BCUT2D eigenvalue weighted by molar-refractivity contribution is 5.67. The van der Waals surface area contributed by atoms with Crippen LogP contribution in [0.1, 0.15) is 27.2 Å². The molecule has 0 radical (unpaired) electrons. The maximum Gasteiger partial charge on any atom is 0.509 e. The lowest BCUT2D eigenvalue weighted by Gasteiger charge is -1.90. The lowest BCUT2D eigenvalue weighted by atomic mass is 10.2. The molecule has 0 bridgehead atoms. The molecule has 0 spiro atoms. The zero-order valence-electron chi connectivity index (χ0n) is 9.27. The summed E-state index contributed by atoms with van der Waals surface area (Å²) in [7, 11) is 1.76. The van der Waals surface area contributed by atoms with Gasteiger partial charge in [-0.15, -0.1) is 4.57 Å². The standard InChI is InChI=1S/C5H6N2O2.C5H12/c1-6-2-3-7(4-6)5(8)9;1-4-5(2)3/h2-4H,1H3;5H,4H2,1-3H3/p+1. The van der Waals surface area contributed by atoms with Gasteiger partial charge < -0.3 is 5.11 Å². The summed E-state index contributed by atoms with van der Waals surface area (Å²) in [6.45, 7) is 6.64. The van der Waals surface area contributed by atoms with E-state index in [0.29, 0.717) is 0 Å². The maximum absolute atomic E-state index is 10.2. The Morgan fingerprint density at radius 2 is 2.07 bits per heavy atom. The third-order valence-electron chi connectivity index (χ3n) is 1.81. The van der Waals surface area contributed by atoms with Gasteiger partial charge in [-0.25, -0.2) is 4.57 Å². The largest absolute Gasteiger partial charge is 0.509 e. The average molecular weight is 199 g/mol. The molecule has 0 amide bonds. The number of aryl methyl sites for hydroxylation is 1. The van der Waals surface area contributed by atoms with Crippen molar-refractivity contribution in [2.45, 2.75) is 27.2 Å². The SMILES string of the molecule is CCC(C)C.C[n+]1ccn(C(=O)O)c1. The van der Waals surface area contributed by atoms with E-state index in [1.165, 1.54) is 18.9 Å². The zero-order valence-corrected chi connectivity index (χ0v) is 9.27. The molecule has 4 heteroatoms. The number of nitrogens with zero attached hydrogens (tertiary/aromatic N) is 2. The fourth-order valence-electron chi connectivity index (χ4n) is 0.563. The van der Waals surface area contributed by atoms with Gasteiger partial charge >= 0.3 is 6.09 Å². The van der Waals surface area contributed by atoms with Crippen LogP contribution in [0.2, 0.25) is 0 Å². The van der Waals surface area contributed by atoms with E-state index in [2.05, 4.69) is 20.8 Å². The fraction of sp³-hybridized carbons (Fsp3) is 0.600. The Balaban J connectivity index is 0.000000292. The summed E-state index contributed by atoms with van der Waals surface area (Å²) in [6, 6.07) is 0. The molecule has 1 N–H and O–H groups in total. The second-order valence-electron chi connectivity index (χ2n) is 3.57. The highest BCUT2D eigenvalue weighted by Gasteiger charge is 2.06. The lowest BCUT2D eigenvalue weighted by Crippen LogP contribution is -2.24. The monoisotopic (exact) mass is 199 g/mol. The van der Waals surface area contributed by atoms with E-state index < -0.39 is 6.09 Å². The number of hydrogen-bond acceptors (Lipinski definition) is 1. The van der Waals surface area contributed by atoms with E-state index in [1.54, 1.807) is 17.8 Å². The fourth-order valence-corrected chi connectivity index (χ4v) is 0.563.